The molecule has 3 rings (SSSR count). The molecule has 0 unspecified atom stereocenters. The van der Waals surface area contributed by atoms with Crippen LogP contribution < -0.4 is 0 Å². The van der Waals surface area contributed by atoms with Gasteiger partial charge in [0.25, 0.3) is 5.91 Å². The van der Waals surface area contributed by atoms with Crippen molar-refractivity contribution in [2.45, 2.75) is 19.9 Å². The average molecular weight is 442 g/mol. The lowest BCUT2D eigenvalue weighted by Gasteiger charge is -2.21. The first kappa shape index (κ1) is 22.0. The van der Waals surface area contributed by atoms with Gasteiger partial charge < -0.3 is 9.80 Å². The Labute approximate surface area is 185 Å². The summed E-state index contributed by atoms with van der Waals surface area (Å²) >= 11 is 7.74. The number of halogens is 1. The Balaban J connectivity index is 1.66. The van der Waals surface area contributed by atoms with E-state index in [1.807, 2.05) is 48.7 Å². The van der Waals surface area contributed by atoms with Crippen LogP contribution in [-0.4, -0.2) is 47.2 Å². The standard InChI is InChI=1S/C23H24ClN3O2S/c1-4-27(14-16-9-11-17(12-10-16)23(29)26(2)3)21(28)13-18-15-30-22(25-18)19-7-5-6-8-20(19)24/h5-12,15H,4,13-14H2,1-3H3. The smallest absolute Gasteiger partial charge is 0.253 e. The Morgan fingerprint density at radius 2 is 1.77 bits per heavy atom. The Bertz CT molecular complexity index is 1030. The number of nitrogens with zero attached hydrogens (tertiary/aromatic N) is 3. The second-order valence-corrected chi connectivity index (χ2v) is 8.37. The molecule has 1 heterocycles. The second kappa shape index (κ2) is 9.87. The third kappa shape index (κ3) is 5.26. The highest BCUT2D eigenvalue weighted by Crippen LogP contribution is 2.30. The topological polar surface area (TPSA) is 53.5 Å². The zero-order valence-corrected chi connectivity index (χ0v) is 18.8. The summed E-state index contributed by atoms with van der Waals surface area (Å²) in [4.78, 5) is 32.8. The van der Waals surface area contributed by atoms with Gasteiger partial charge in [-0.15, -0.1) is 11.3 Å². The molecule has 0 aliphatic heterocycles. The summed E-state index contributed by atoms with van der Waals surface area (Å²) in [6.07, 6.45) is 0.242. The van der Waals surface area contributed by atoms with E-state index in [2.05, 4.69) is 4.98 Å². The van der Waals surface area contributed by atoms with Crippen molar-refractivity contribution in [2.24, 2.45) is 0 Å². The highest BCUT2D eigenvalue weighted by Gasteiger charge is 2.16. The Hall–Kier alpha value is -2.70. The molecule has 0 atom stereocenters. The highest BCUT2D eigenvalue weighted by molar-refractivity contribution is 7.13. The lowest BCUT2D eigenvalue weighted by Crippen LogP contribution is -2.31. The minimum absolute atomic E-state index is 0.0157. The molecule has 0 radical (unpaired) electrons. The van der Waals surface area contributed by atoms with Gasteiger partial charge in [-0.1, -0.05) is 41.9 Å². The molecule has 0 aliphatic carbocycles. The number of aromatic nitrogens is 1. The Morgan fingerprint density at radius 1 is 1.07 bits per heavy atom. The van der Waals surface area contributed by atoms with Crippen molar-refractivity contribution in [1.29, 1.82) is 0 Å². The number of hydrogen-bond donors (Lipinski definition) is 0. The number of likely N-dealkylation sites (N-methyl/N-ethyl adjacent to an activating group) is 1. The van der Waals surface area contributed by atoms with E-state index in [0.717, 1.165) is 21.8 Å². The molecule has 0 saturated heterocycles. The van der Waals surface area contributed by atoms with Gasteiger partial charge in [0.2, 0.25) is 5.91 Å². The first-order valence-electron chi connectivity index (χ1n) is 9.66. The zero-order valence-electron chi connectivity index (χ0n) is 17.3. The molecule has 0 aliphatic rings. The van der Waals surface area contributed by atoms with Gasteiger partial charge in [0.15, 0.2) is 0 Å². The van der Waals surface area contributed by atoms with Gasteiger partial charge in [0.05, 0.1) is 17.1 Å². The Kier molecular flexibility index (Phi) is 7.24. The highest BCUT2D eigenvalue weighted by atomic mass is 35.5. The van der Waals surface area contributed by atoms with Crippen molar-refractivity contribution in [3.05, 3.63) is 75.8 Å². The minimum Gasteiger partial charge on any atom is -0.345 e. The number of thiazole rings is 1. The van der Waals surface area contributed by atoms with Crippen molar-refractivity contribution in [3.8, 4) is 10.6 Å². The SMILES string of the molecule is CCN(Cc1ccc(C(=O)N(C)C)cc1)C(=O)Cc1csc(-c2ccccc2Cl)n1. The van der Waals surface area contributed by atoms with Crippen LogP contribution in [0.5, 0.6) is 0 Å². The van der Waals surface area contributed by atoms with E-state index < -0.39 is 0 Å². The maximum absolute atomic E-state index is 12.8. The molecule has 2 amide bonds. The van der Waals surface area contributed by atoms with Crippen LogP contribution in [-0.2, 0) is 17.8 Å². The summed E-state index contributed by atoms with van der Waals surface area (Å²) in [5.41, 5.74) is 3.23. The number of hydrogen-bond acceptors (Lipinski definition) is 4. The number of carbonyl (C=O) groups is 2. The van der Waals surface area contributed by atoms with Gasteiger partial charge in [-0.3, -0.25) is 9.59 Å². The molecule has 0 fully saturated rings. The molecule has 2 aromatic carbocycles. The number of rotatable bonds is 7. The third-order valence-electron chi connectivity index (χ3n) is 4.70. The average Bonchev–Trinajstić information content (AvgIpc) is 3.20. The van der Waals surface area contributed by atoms with Crippen molar-refractivity contribution in [3.63, 3.8) is 0 Å². The predicted octanol–water partition coefficient (Wildman–Crippen LogP) is 4.76. The first-order valence-corrected chi connectivity index (χ1v) is 10.9. The van der Waals surface area contributed by atoms with Gasteiger partial charge in [-0.05, 0) is 30.7 Å². The van der Waals surface area contributed by atoms with Gasteiger partial charge >= 0.3 is 0 Å². The fourth-order valence-electron chi connectivity index (χ4n) is 3.02. The van der Waals surface area contributed by atoms with Crippen LogP contribution in [0.15, 0.2) is 53.9 Å². The maximum Gasteiger partial charge on any atom is 0.253 e. The van der Waals surface area contributed by atoms with Crippen LogP contribution in [0.2, 0.25) is 5.02 Å². The fourth-order valence-corrected chi connectivity index (χ4v) is 4.16. The summed E-state index contributed by atoms with van der Waals surface area (Å²) in [7, 11) is 3.45. The van der Waals surface area contributed by atoms with Crippen molar-refractivity contribution in [1.82, 2.24) is 14.8 Å². The predicted molar refractivity (Wildman–Crippen MR) is 122 cm³/mol. The molecule has 30 heavy (non-hydrogen) atoms. The minimum atomic E-state index is -0.0390. The van der Waals surface area contributed by atoms with Gasteiger partial charge in [-0.2, -0.15) is 0 Å². The maximum atomic E-state index is 12.8. The summed E-state index contributed by atoms with van der Waals surface area (Å²) in [6.45, 7) is 3.05. The van der Waals surface area contributed by atoms with Gasteiger partial charge in [-0.25, -0.2) is 4.98 Å². The molecular weight excluding hydrogens is 418 g/mol. The molecule has 0 spiro atoms. The molecule has 0 N–H and O–H groups in total. The van der Waals surface area contributed by atoms with Gasteiger partial charge in [0.1, 0.15) is 5.01 Å². The van der Waals surface area contributed by atoms with Crippen LogP contribution in [0.1, 0.15) is 28.5 Å². The van der Waals surface area contributed by atoms with Crippen molar-refractivity contribution < 1.29 is 9.59 Å². The normalized spacial score (nSPS) is 10.7. The summed E-state index contributed by atoms with van der Waals surface area (Å²) < 4.78 is 0. The van der Waals surface area contributed by atoms with E-state index in [1.54, 1.807) is 36.0 Å². The molecule has 1 aromatic heterocycles. The Morgan fingerprint density at radius 3 is 2.40 bits per heavy atom. The lowest BCUT2D eigenvalue weighted by atomic mass is 10.1. The second-order valence-electron chi connectivity index (χ2n) is 7.11. The molecule has 0 bridgehead atoms. The molecule has 156 valence electrons. The largest absolute Gasteiger partial charge is 0.345 e. The summed E-state index contributed by atoms with van der Waals surface area (Å²) in [5, 5.41) is 3.37. The van der Waals surface area contributed by atoms with Crippen molar-refractivity contribution >= 4 is 34.8 Å². The number of amides is 2. The monoisotopic (exact) mass is 441 g/mol. The molecular formula is C23H24ClN3O2S. The van der Waals surface area contributed by atoms with E-state index >= 15 is 0 Å². The van der Waals surface area contributed by atoms with Crippen LogP contribution in [0.3, 0.4) is 0 Å². The van der Waals surface area contributed by atoms with E-state index in [1.165, 1.54) is 11.3 Å². The number of carbonyl (C=O) groups excluding carboxylic acids is 2. The van der Waals surface area contributed by atoms with Crippen LogP contribution in [0.25, 0.3) is 10.6 Å². The zero-order chi connectivity index (χ0) is 21.7. The van der Waals surface area contributed by atoms with E-state index in [-0.39, 0.29) is 18.2 Å². The molecule has 0 saturated carbocycles. The molecule has 5 nitrogen and oxygen atoms in total. The molecule has 7 heteroatoms. The van der Waals surface area contributed by atoms with E-state index in [4.69, 9.17) is 11.6 Å². The van der Waals surface area contributed by atoms with Gasteiger partial charge in [0, 0.05) is 43.7 Å². The van der Waals surface area contributed by atoms with Crippen LogP contribution in [0, 0.1) is 0 Å². The lowest BCUT2D eigenvalue weighted by molar-refractivity contribution is -0.130. The van der Waals surface area contributed by atoms with Crippen LogP contribution in [0.4, 0.5) is 0 Å². The van der Waals surface area contributed by atoms with E-state index in [0.29, 0.717) is 23.7 Å². The summed E-state index contributed by atoms with van der Waals surface area (Å²) in [5.74, 6) is -0.0233. The van der Waals surface area contributed by atoms with E-state index in [9.17, 15) is 9.59 Å². The summed E-state index contributed by atoms with van der Waals surface area (Å²) in [6, 6.07) is 14.9. The quantitative estimate of drug-likeness (QED) is 0.531. The third-order valence-corrected chi connectivity index (χ3v) is 5.96. The van der Waals surface area contributed by atoms with Crippen molar-refractivity contribution in [2.75, 3.05) is 20.6 Å². The fraction of sp³-hybridized carbons (Fsp3) is 0.261. The first-order chi connectivity index (χ1) is 14.4. The molecule has 3 aromatic rings. The van der Waals surface area contributed by atoms with Crippen LogP contribution >= 0.6 is 22.9 Å². The number of benzene rings is 2.